The number of piperidine rings is 1. The highest BCUT2D eigenvalue weighted by atomic mass is 79.9. The quantitative estimate of drug-likeness (QED) is 0.809. The van der Waals surface area contributed by atoms with Gasteiger partial charge in [0.2, 0.25) is 0 Å². The Hall–Kier alpha value is 0.190. The molecule has 16 heavy (non-hydrogen) atoms. The van der Waals surface area contributed by atoms with Crippen LogP contribution in [0.2, 0.25) is 0 Å². The third kappa shape index (κ3) is 4.22. The highest BCUT2D eigenvalue weighted by Gasteiger charge is 2.39. The fraction of sp³-hybridized carbons (Fsp3) is 1.00. The first-order valence-electron chi connectivity index (χ1n) is 5.42. The summed E-state index contributed by atoms with van der Waals surface area (Å²) in [5.41, 5.74) is 0. The van der Waals surface area contributed by atoms with E-state index < -0.39 is 11.0 Å². The molecule has 1 aliphatic rings. The van der Waals surface area contributed by atoms with Crippen LogP contribution in [0, 0.1) is 5.92 Å². The molecule has 1 rings (SSSR count). The lowest BCUT2D eigenvalue weighted by Gasteiger charge is -2.34. The smallest absolute Gasteiger partial charge is 0.393 e. The number of likely N-dealkylation sites (tertiary alicyclic amines) is 1. The van der Waals surface area contributed by atoms with Crippen molar-refractivity contribution in [2.75, 3.05) is 19.6 Å². The van der Waals surface area contributed by atoms with Crippen molar-refractivity contribution in [1.82, 2.24) is 4.90 Å². The van der Waals surface area contributed by atoms with Crippen molar-refractivity contribution >= 4 is 15.9 Å². The molecule has 2 atom stereocenters. The molecule has 6 heteroatoms. The van der Waals surface area contributed by atoms with Crippen LogP contribution in [0.5, 0.6) is 0 Å². The van der Waals surface area contributed by atoms with Crippen molar-refractivity contribution in [2.24, 2.45) is 5.92 Å². The van der Waals surface area contributed by atoms with Gasteiger partial charge in [-0.3, -0.25) is 0 Å². The van der Waals surface area contributed by atoms with Crippen LogP contribution in [0.1, 0.15) is 19.8 Å². The van der Waals surface area contributed by atoms with E-state index in [9.17, 15) is 18.3 Å². The van der Waals surface area contributed by atoms with Crippen molar-refractivity contribution in [3.8, 4) is 0 Å². The predicted octanol–water partition coefficient (Wildman–Crippen LogP) is 2.41. The third-order valence-electron chi connectivity index (χ3n) is 3.09. The summed E-state index contributed by atoms with van der Waals surface area (Å²) in [6.45, 7) is 3.00. The van der Waals surface area contributed by atoms with Gasteiger partial charge in [0.15, 0.2) is 0 Å². The van der Waals surface area contributed by atoms with E-state index in [0.717, 1.165) is 12.8 Å². The molecule has 1 fully saturated rings. The molecule has 0 saturated carbocycles. The van der Waals surface area contributed by atoms with Gasteiger partial charge in [0.25, 0.3) is 0 Å². The third-order valence-corrected chi connectivity index (χ3v) is 3.90. The highest BCUT2D eigenvalue weighted by molar-refractivity contribution is 9.09. The zero-order valence-corrected chi connectivity index (χ0v) is 10.8. The number of aliphatic hydroxyl groups is 1. The zero-order chi connectivity index (χ0) is 12.3. The molecular formula is C10H17BrF3NO. The molecule has 0 amide bonds. The molecule has 1 N–H and O–H groups in total. The Morgan fingerprint density at radius 2 is 1.88 bits per heavy atom. The summed E-state index contributed by atoms with van der Waals surface area (Å²) < 4.78 is 36.9. The summed E-state index contributed by atoms with van der Waals surface area (Å²) in [6.07, 6.45) is -2.99. The average Bonchev–Trinajstić information content (AvgIpc) is 2.17. The Morgan fingerprint density at radius 1 is 1.38 bits per heavy atom. The van der Waals surface area contributed by atoms with E-state index in [0.29, 0.717) is 13.1 Å². The largest absolute Gasteiger partial charge is 0.402 e. The first kappa shape index (κ1) is 14.3. The molecule has 1 heterocycles. The zero-order valence-electron chi connectivity index (χ0n) is 9.17. The number of nitrogens with zero attached hydrogens (tertiary/aromatic N) is 1. The highest BCUT2D eigenvalue weighted by Crippen LogP contribution is 2.28. The molecule has 96 valence electrons. The summed E-state index contributed by atoms with van der Waals surface area (Å²) >= 11 is 2.66. The molecule has 0 aromatic rings. The van der Waals surface area contributed by atoms with Gasteiger partial charge in [-0.15, -0.1) is 0 Å². The molecule has 0 aromatic heterocycles. The Morgan fingerprint density at radius 3 is 2.25 bits per heavy atom. The van der Waals surface area contributed by atoms with E-state index in [1.165, 1.54) is 0 Å². The first-order chi connectivity index (χ1) is 7.30. The van der Waals surface area contributed by atoms with Gasteiger partial charge >= 0.3 is 6.18 Å². The molecular weight excluding hydrogens is 287 g/mol. The lowest BCUT2D eigenvalue weighted by molar-refractivity contribution is -0.131. The SMILES string of the molecule is CC(O)C1CCN(CC(Br)C(F)(F)F)CC1. The lowest BCUT2D eigenvalue weighted by Crippen LogP contribution is -2.43. The Kier molecular flexibility index (Phi) is 5.07. The second-order valence-corrected chi connectivity index (χ2v) is 5.49. The van der Waals surface area contributed by atoms with E-state index in [-0.39, 0.29) is 18.6 Å². The van der Waals surface area contributed by atoms with Gasteiger partial charge < -0.3 is 10.0 Å². The molecule has 0 aromatic carbocycles. The molecule has 1 aliphatic heterocycles. The van der Waals surface area contributed by atoms with Crippen LogP contribution >= 0.6 is 15.9 Å². The van der Waals surface area contributed by atoms with Crippen LogP contribution < -0.4 is 0 Å². The normalized spacial score (nSPS) is 24.4. The number of halogens is 4. The minimum Gasteiger partial charge on any atom is -0.393 e. The van der Waals surface area contributed by atoms with Crippen LogP contribution in [-0.4, -0.2) is 46.7 Å². The number of rotatable bonds is 3. The molecule has 2 nitrogen and oxygen atoms in total. The number of hydrogen-bond acceptors (Lipinski definition) is 2. The molecule has 0 spiro atoms. The van der Waals surface area contributed by atoms with Crippen molar-refractivity contribution in [3.63, 3.8) is 0 Å². The van der Waals surface area contributed by atoms with Crippen LogP contribution in [0.25, 0.3) is 0 Å². The van der Waals surface area contributed by atoms with E-state index in [1.807, 2.05) is 0 Å². The van der Waals surface area contributed by atoms with E-state index in [4.69, 9.17) is 0 Å². The second-order valence-electron chi connectivity index (χ2n) is 4.39. The standard InChI is InChI=1S/C10H17BrF3NO/c1-7(16)8-2-4-15(5-3-8)6-9(11)10(12,13)14/h7-9,16H,2-6H2,1H3. The fourth-order valence-electron chi connectivity index (χ4n) is 1.95. The van der Waals surface area contributed by atoms with E-state index in [2.05, 4.69) is 15.9 Å². The summed E-state index contributed by atoms with van der Waals surface area (Å²) in [5.74, 6) is 0.232. The summed E-state index contributed by atoms with van der Waals surface area (Å²) in [6, 6.07) is 0. The molecule has 0 aliphatic carbocycles. The van der Waals surface area contributed by atoms with Crippen molar-refractivity contribution in [1.29, 1.82) is 0 Å². The number of aliphatic hydroxyl groups excluding tert-OH is 1. The maximum Gasteiger partial charge on any atom is 0.402 e. The topological polar surface area (TPSA) is 23.5 Å². The minimum absolute atomic E-state index is 0.00394. The van der Waals surface area contributed by atoms with Crippen LogP contribution in [0.4, 0.5) is 13.2 Å². The van der Waals surface area contributed by atoms with E-state index >= 15 is 0 Å². The van der Waals surface area contributed by atoms with Crippen LogP contribution in [0.15, 0.2) is 0 Å². The van der Waals surface area contributed by atoms with Gasteiger partial charge in [-0.1, -0.05) is 15.9 Å². The Labute approximate surface area is 102 Å². The Balaban J connectivity index is 2.32. The maximum absolute atomic E-state index is 12.3. The first-order valence-corrected chi connectivity index (χ1v) is 6.33. The van der Waals surface area contributed by atoms with Gasteiger partial charge in [0.1, 0.15) is 4.83 Å². The molecule has 2 unspecified atom stereocenters. The number of alkyl halides is 4. The van der Waals surface area contributed by atoms with Crippen molar-refractivity contribution < 1.29 is 18.3 Å². The molecule has 1 saturated heterocycles. The summed E-state index contributed by atoms with van der Waals surface area (Å²) in [5, 5.41) is 9.37. The maximum atomic E-state index is 12.3. The fourth-order valence-corrected chi connectivity index (χ4v) is 2.36. The van der Waals surface area contributed by atoms with Crippen LogP contribution in [-0.2, 0) is 0 Å². The van der Waals surface area contributed by atoms with Gasteiger partial charge in [0.05, 0.1) is 6.10 Å². The average molecular weight is 304 g/mol. The van der Waals surface area contributed by atoms with Gasteiger partial charge in [-0.05, 0) is 38.8 Å². The Bertz CT molecular complexity index is 215. The summed E-state index contributed by atoms with van der Waals surface area (Å²) in [7, 11) is 0. The predicted molar refractivity (Wildman–Crippen MR) is 59.6 cm³/mol. The second kappa shape index (κ2) is 5.69. The van der Waals surface area contributed by atoms with Gasteiger partial charge in [-0.25, -0.2) is 0 Å². The van der Waals surface area contributed by atoms with Crippen molar-refractivity contribution in [2.45, 2.75) is 36.9 Å². The van der Waals surface area contributed by atoms with Crippen molar-refractivity contribution in [3.05, 3.63) is 0 Å². The minimum atomic E-state index is -4.18. The monoisotopic (exact) mass is 303 g/mol. The van der Waals surface area contributed by atoms with E-state index in [1.54, 1.807) is 11.8 Å². The number of hydrogen-bond donors (Lipinski definition) is 1. The van der Waals surface area contributed by atoms with Crippen LogP contribution in [0.3, 0.4) is 0 Å². The lowest BCUT2D eigenvalue weighted by atomic mass is 9.92. The molecule has 0 bridgehead atoms. The van der Waals surface area contributed by atoms with Gasteiger partial charge in [0, 0.05) is 6.54 Å². The molecule has 0 radical (unpaired) electrons. The summed E-state index contributed by atoms with van der Waals surface area (Å²) in [4.78, 5) is 0.342. The van der Waals surface area contributed by atoms with Gasteiger partial charge in [-0.2, -0.15) is 13.2 Å².